The molecule has 1 atom stereocenters. The van der Waals surface area contributed by atoms with Gasteiger partial charge in [0.1, 0.15) is 5.75 Å². The molecule has 0 spiro atoms. The summed E-state index contributed by atoms with van der Waals surface area (Å²) in [4.78, 5) is 18.4. The molecule has 7 nitrogen and oxygen atoms in total. The van der Waals surface area contributed by atoms with Crippen molar-refractivity contribution in [1.82, 2.24) is 16.0 Å². The second kappa shape index (κ2) is 9.87. The zero-order chi connectivity index (χ0) is 20.7. The van der Waals surface area contributed by atoms with E-state index in [1.165, 1.54) is 0 Å². The van der Waals surface area contributed by atoms with Crippen LogP contribution in [-0.2, 0) is 4.79 Å². The lowest BCUT2D eigenvalue weighted by Gasteiger charge is -2.22. The number of nitrogens with one attached hydrogen (secondary N) is 3. The number of anilines is 1. The van der Waals surface area contributed by atoms with Crippen molar-refractivity contribution in [2.45, 2.75) is 33.2 Å². The molecule has 8 heteroatoms. The summed E-state index contributed by atoms with van der Waals surface area (Å²) in [6.45, 7) is 8.60. The second-order valence-corrected chi connectivity index (χ2v) is 8.33. The van der Waals surface area contributed by atoms with Gasteiger partial charge in [-0.15, -0.1) is 0 Å². The van der Waals surface area contributed by atoms with Gasteiger partial charge in [-0.3, -0.25) is 9.79 Å². The Balaban J connectivity index is 1.82. The molecule has 1 aromatic carbocycles. The number of guanidine groups is 1. The minimum atomic E-state index is -0.380. The van der Waals surface area contributed by atoms with E-state index in [0.717, 1.165) is 36.9 Å². The molecule has 1 aromatic rings. The Morgan fingerprint density at radius 1 is 1.32 bits per heavy atom. The molecule has 0 aliphatic carbocycles. The minimum Gasteiger partial charge on any atom is -0.495 e. The van der Waals surface area contributed by atoms with Gasteiger partial charge in [0, 0.05) is 49.7 Å². The molecule has 1 heterocycles. The van der Waals surface area contributed by atoms with Crippen molar-refractivity contribution in [3.8, 4) is 5.75 Å². The zero-order valence-electron chi connectivity index (χ0n) is 17.4. The third kappa shape index (κ3) is 6.19. The van der Waals surface area contributed by atoms with Crippen molar-refractivity contribution in [2.75, 3.05) is 45.2 Å². The Hall–Kier alpha value is -2.15. The monoisotopic (exact) mass is 409 g/mol. The number of hydrogen-bond donors (Lipinski definition) is 3. The van der Waals surface area contributed by atoms with Crippen LogP contribution in [0.25, 0.3) is 0 Å². The predicted octanol–water partition coefficient (Wildman–Crippen LogP) is 2.25. The van der Waals surface area contributed by atoms with Gasteiger partial charge in [0.25, 0.3) is 0 Å². The summed E-state index contributed by atoms with van der Waals surface area (Å²) in [6, 6.07) is 5.93. The van der Waals surface area contributed by atoms with E-state index < -0.39 is 0 Å². The predicted molar refractivity (Wildman–Crippen MR) is 116 cm³/mol. The summed E-state index contributed by atoms with van der Waals surface area (Å²) in [6.07, 6.45) is 0.983. The molecule has 0 aromatic heterocycles. The third-order valence-corrected chi connectivity index (χ3v) is 4.85. The lowest BCUT2D eigenvalue weighted by atomic mass is 9.96. The van der Waals surface area contributed by atoms with Crippen LogP contribution in [0.3, 0.4) is 0 Å². The van der Waals surface area contributed by atoms with Gasteiger partial charge in [-0.2, -0.15) is 0 Å². The van der Waals surface area contributed by atoms with E-state index in [2.05, 4.69) is 25.8 Å². The van der Waals surface area contributed by atoms with Crippen molar-refractivity contribution in [3.63, 3.8) is 0 Å². The van der Waals surface area contributed by atoms with Crippen LogP contribution in [-0.4, -0.2) is 58.2 Å². The lowest BCUT2D eigenvalue weighted by Crippen LogP contribution is -2.47. The fraction of sp³-hybridized carbons (Fsp3) is 0.600. The first-order chi connectivity index (χ1) is 13.2. The summed E-state index contributed by atoms with van der Waals surface area (Å²) in [5.41, 5.74) is 0.626. The van der Waals surface area contributed by atoms with Crippen molar-refractivity contribution in [1.29, 1.82) is 0 Å². The van der Waals surface area contributed by atoms with Crippen LogP contribution < -0.4 is 25.6 Å². The highest BCUT2D eigenvalue weighted by Gasteiger charge is 2.25. The van der Waals surface area contributed by atoms with Crippen molar-refractivity contribution in [2.24, 2.45) is 10.4 Å². The number of ether oxygens (including phenoxy) is 1. The molecular formula is C20H32ClN5O2. The van der Waals surface area contributed by atoms with Crippen molar-refractivity contribution < 1.29 is 9.53 Å². The first-order valence-corrected chi connectivity index (χ1v) is 9.96. The highest BCUT2D eigenvalue weighted by molar-refractivity contribution is 6.30. The number of rotatable bonds is 6. The molecule has 1 unspecified atom stereocenters. The number of amides is 1. The molecule has 28 heavy (non-hydrogen) atoms. The largest absolute Gasteiger partial charge is 0.495 e. The Morgan fingerprint density at radius 2 is 2.04 bits per heavy atom. The molecule has 1 fully saturated rings. The Morgan fingerprint density at radius 3 is 2.68 bits per heavy atom. The Labute approximate surface area is 172 Å². The first-order valence-electron chi connectivity index (χ1n) is 9.58. The number of nitrogens with zero attached hydrogens (tertiary/aromatic N) is 2. The molecule has 156 valence electrons. The molecule has 1 aliphatic rings. The molecule has 1 amide bonds. The summed E-state index contributed by atoms with van der Waals surface area (Å²) in [5, 5.41) is 10.3. The summed E-state index contributed by atoms with van der Waals surface area (Å²) >= 11 is 6.16. The number of carbonyl (C=O) groups is 1. The average Bonchev–Trinajstić information content (AvgIpc) is 3.11. The van der Waals surface area contributed by atoms with Crippen LogP contribution in [0.4, 0.5) is 5.69 Å². The lowest BCUT2D eigenvalue weighted by molar-refractivity contribution is -0.128. The van der Waals surface area contributed by atoms with Crippen LogP contribution >= 0.6 is 11.6 Å². The number of halogens is 1. The van der Waals surface area contributed by atoms with E-state index in [1.54, 1.807) is 14.2 Å². The molecular weight excluding hydrogens is 378 g/mol. The topological polar surface area (TPSA) is 78.0 Å². The second-order valence-electron chi connectivity index (χ2n) is 7.90. The first kappa shape index (κ1) is 22.1. The van der Waals surface area contributed by atoms with Crippen LogP contribution in [0.1, 0.15) is 27.2 Å². The smallest absolute Gasteiger partial charge is 0.225 e. The third-order valence-electron chi connectivity index (χ3n) is 4.62. The zero-order valence-corrected chi connectivity index (χ0v) is 18.2. The van der Waals surface area contributed by atoms with Crippen LogP contribution in [0, 0.1) is 5.41 Å². The van der Waals surface area contributed by atoms with E-state index in [9.17, 15) is 4.79 Å². The molecule has 1 saturated heterocycles. The van der Waals surface area contributed by atoms with E-state index in [4.69, 9.17) is 16.3 Å². The number of aliphatic imine (C=N–C) groups is 1. The van der Waals surface area contributed by atoms with Crippen LogP contribution in [0.15, 0.2) is 23.2 Å². The van der Waals surface area contributed by atoms with Gasteiger partial charge in [0.15, 0.2) is 5.96 Å². The summed E-state index contributed by atoms with van der Waals surface area (Å²) in [5.74, 6) is 1.59. The maximum Gasteiger partial charge on any atom is 0.225 e. The van der Waals surface area contributed by atoms with Gasteiger partial charge in [0.05, 0.1) is 12.8 Å². The van der Waals surface area contributed by atoms with Crippen molar-refractivity contribution in [3.05, 3.63) is 23.2 Å². The fourth-order valence-corrected chi connectivity index (χ4v) is 3.18. The molecule has 0 bridgehead atoms. The molecule has 0 saturated carbocycles. The number of hydrogen-bond acceptors (Lipinski definition) is 4. The van der Waals surface area contributed by atoms with E-state index in [0.29, 0.717) is 18.1 Å². The van der Waals surface area contributed by atoms with Crippen molar-refractivity contribution >= 4 is 29.2 Å². The molecule has 3 N–H and O–H groups in total. The highest BCUT2D eigenvalue weighted by Crippen LogP contribution is 2.33. The fourth-order valence-electron chi connectivity index (χ4n) is 3.02. The number of benzene rings is 1. The SMILES string of the molecule is CN=C(NCCNC(=O)C(C)(C)C)NC1CCN(c2cc(Cl)ccc2OC)C1. The maximum absolute atomic E-state index is 11.9. The van der Waals surface area contributed by atoms with Crippen LogP contribution in [0.2, 0.25) is 5.02 Å². The highest BCUT2D eigenvalue weighted by atomic mass is 35.5. The Bertz CT molecular complexity index is 702. The molecule has 0 radical (unpaired) electrons. The van der Waals surface area contributed by atoms with E-state index in [-0.39, 0.29) is 17.4 Å². The van der Waals surface area contributed by atoms with Gasteiger partial charge in [0.2, 0.25) is 5.91 Å². The quantitative estimate of drug-likeness (QED) is 0.381. The van der Waals surface area contributed by atoms with E-state index in [1.807, 2.05) is 39.0 Å². The van der Waals surface area contributed by atoms with Gasteiger partial charge < -0.3 is 25.6 Å². The Kier molecular flexibility index (Phi) is 7.80. The summed E-state index contributed by atoms with van der Waals surface area (Å²) < 4.78 is 5.47. The maximum atomic E-state index is 11.9. The number of methoxy groups -OCH3 is 1. The van der Waals surface area contributed by atoms with Gasteiger partial charge in [-0.25, -0.2) is 0 Å². The molecule has 2 rings (SSSR count). The van der Waals surface area contributed by atoms with Gasteiger partial charge in [-0.1, -0.05) is 32.4 Å². The normalized spacial score (nSPS) is 17.4. The number of carbonyl (C=O) groups excluding carboxylic acids is 1. The van der Waals surface area contributed by atoms with Gasteiger partial charge in [-0.05, 0) is 24.6 Å². The standard InChI is InChI=1S/C20H32ClN5O2/c1-20(2,3)18(27)23-9-10-24-19(22-4)25-15-8-11-26(13-15)16-12-14(21)6-7-17(16)28-5/h6-7,12,15H,8-11,13H2,1-5H3,(H,23,27)(H2,22,24,25). The van der Waals surface area contributed by atoms with Crippen LogP contribution in [0.5, 0.6) is 5.75 Å². The molecule has 1 aliphatic heterocycles. The van der Waals surface area contributed by atoms with Gasteiger partial charge >= 0.3 is 0 Å². The minimum absolute atomic E-state index is 0.0409. The summed E-state index contributed by atoms with van der Waals surface area (Å²) in [7, 11) is 3.42. The van der Waals surface area contributed by atoms with E-state index >= 15 is 0 Å². The average molecular weight is 410 g/mol.